The summed E-state index contributed by atoms with van der Waals surface area (Å²) < 4.78 is 5.69. The summed E-state index contributed by atoms with van der Waals surface area (Å²) in [4.78, 5) is 18.8. The number of hydrogen-bond donors (Lipinski definition) is 1. The number of aliphatic hydroxyl groups is 1. The van der Waals surface area contributed by atoms with E-state index in [4.69, 9.17) is 10.00 Å². The van der Waals surface area contributed by atoms with Crippen molar-refractivity contribution < 1.29 is 14.6 Å². The third-order valence-corrected chi connectivity index (χ3v) is 5.03. The Balaban J connectivity index is 0.00000109. The van der Waals surface area contributed by atoms with E-state index in [1.165, 1.54) is 6.20 Å². The van der Waals surface area contributed by atoms with Gasteiger partial charge in [0.25, 0.3) is 0 Å². The molecule has 136 valence electrons. The zero-order valence-corrected chi connectivity index (χ0v) is 15.5. The first-order chi connectivity index (χ1) is 11.9. The van der Waals surface area contributed by atoms with Crippen LogP contribution in [0.4, 0.5) is 0 Å². The molecule has 0 spiro atoms. The van der Waals surface area contributed by atoms with Crippen molar-refractivity contribution in [1.29, 1.82) is 5.26 Å². The Kier molecular flexibility index (Phi) is 6.02. The number of fused-ring (bicyclic) bond motifs is 1. The molecule has 2 heterocycles. The highest BCUT2D eigenvalue weighted by Crippen LogP contribution is 2.43. The van der Waals surface area contributed by atoms with Crippen molar-refractivity contribution in [1.82, 2.24) is 9.88 Å². The van der Waals surface area contributed by atoms with Gasteiger partial charge in [-0.3, -0.25) is 9.78 Å². The number of rotatable bonds is 2. The number of carbonyl (C=O) groups excluding carboxylic acids is 1. The molecule has 2 aliphatic rings. The van der Waals surface area contributed by atoms with Crippen LogP contribution >= 0.6 is 0 Å². The van der Waals surface area contributed by atoms with Gasteiger partial charge in [0, 0.05) is 23.4 Å². The van der Waals surface area contributed by atoms with E-state index in [2.05, 4.69) is 11.1 Å². The monoisotopic (exact) mass is 345 g/mol. The van der Waals surface area contributed by atoms with Crippen molar-refractivity contribution in [3.05, 3.63) is 23.5 Å². The summed E-state index contributed by atoms with van der Waals surface area (Å²) in [6.07, 6.45) is 4.22. The summed E-state index contributed by atoms with van der Waals surface area (Å²) >= 11 is 0. The Bertz CT molecular complexity index is 660. The van der Waals surface area contributed by atoms with Gasteiger partial charge in [0.2, 0.25) is 5.91 Å². The molecule has 1 amide bonds. The Morgan fingerprint density at radius 2 is 2.08 bits per heavy atom. The van der Waals surface area contributed by atoms with Gasteiger partial charge in [0.15, 0.2) is 0 Å². The predicted octanol–water partition coefficient (Wildman–Crippen LogP) is 2.50. The molecule has 0 radical (unpaired) electrons. The number of carbonyl (C=O) groups is 1. The molecular formula is C19H27N3O3. The first-order valence-corrected chi connectivity index (χ1v) is 8.90. The molecule has 3 rings (SSSR count). The van der Waals surface area contributed by atoms with Crippen LogP contribution in [0.2, 0.25) is 0 Å². The van der Waals surface area contributed by atoms with Gasteiger partial charge in [-0.25, -0.2) is 0 Å². The summed E-state index contributed by atoms with van der Waals surface area (Å²) in [6, 6.07) is 2.08. The van der Waals surface area contributed by atoms with Crippen LogP contribution < -0.4 is 4.74 Å². The SMILES string of the molecule is CC.CC(C)(C(=O)N1CCOc2c(C#N)cncc2C1)C1CC(O)C1. The molecule has 0 aromatic carbocycles. The first kappa shape index (κ1) is 19.2. The molecule has 0 bridgehead atoms. The van der Waals surface area contributed by atoms with Crippen molar-refractivity contribution >= 4 is 5.91 Å². The highest BCUT2D eigenvalue weighted by Gasteiger charge is 2.45. The van der Waals surface area contributed by atoms with Crippen molar-refractivity contribution in [2.45, 2.75) is 53.2 Å². The van der Waals surface area contributed by atoms with Crippen molar-refractivity contribution in [3.8, 4) is 11.8 Å². The number of ether oxygens (including phenoxy) is 1. The summed E-state index contributed by atoms with van der Waals surface area (Å²) in [6.45, 7) is 9.14. The smallest absolute Gasteiger partial charge is 0.228 e. The Labute approximate surface area is 149 Å². The van der Waals surface area contributed by atoms with E-state index in [1.807, 2.05) is 27.7 Å². The van der Waals surface area contributed by atoms with Crippen LogP contribution in [0.25, 0.3) is 0 Å². The second-order valence-corrected chi connectivity index (χ2v) is 6.91. The lowest BCUT2D eigenvalue weighted by molar-refractivity contribution is -0.149. The molecule has 1 aliphatic carbocycles. The van der Waals surface area contributed by atoms with Gasteiger partial charge in [-0.1, -0.05) is 27.7 Å². The Morgan fingerprint density at radius 3 is 2.68 bits per heavy atom. The van der Waals surface area contributed by atoms with Crippen LogP contribution in [-0.2, 0) is 11.3 Å². The van der Waals surface area contributed by atoms with Gasteiger partial charge in [0.1, 0.15) is 24.0 Å². The lowest BCUT2D eigenvalue weighted by Gasteiger charge is -2.44. The highest BCUT2D eigenvalue weighted by molar-refractivity contribution is 5.82. The van der Waals surface area contributed by atoms with Gasteiger partial charge < -0.3 is 14.7 Å². The quantitative estimate of drug-likeness (QED) is 0.890. The molecule has 0 unspecified atom stereocenters. The molecule has 1 aromatic rings. The number of pyridine rings is 1. The maximum Gasteiger partial charge on any atom is 0.228 e. The zero-order chi connectivity index (χ0) is 18.6. The highest BCUT2D eigenvalue weighted by atomic mass is 16.5. The minimum absolute atomic E-state index is 0.0632. The van der Waals surface area contributed by atoms with Gasteiger partial charge in [-0.2, -0.15) is 5.26 Å². The normalized spacial score (nSPS) is 22.2. The minimum Gasteiger partial charge on any atom is -0.490 e. The number of nitrogens with zero attached hydrogens (tertiary/aromatic N) is 3. The topological polar surface area (TPSA) is 86.5 Å². The fourth-order valence-electron chi connectivity index (χ4n) is 3.33. The molecule has 6 nitrogen and oxygen atoms in total. The number of hydrogen-bond acceptors (Lipinski definition) is 5. The van der Waals surface area contributed by atoms with Crippen LogP contribution in [0.1, 0.15) is 51.7 Å². The molecule has 0 atom stereocenters. The largest absolute Gasteiger partial charge is 0.490 e. The van der Waals surface area contributed by atoms with Crippen molar-refractivity contribution in [2.24, 2.45) is 11.3 Å². The van der Waals surface area contributed by atoms with Crippen LogP contribution in [-0.4, -0.2) is 40.2 Å². The standard InChI is InChI=1S/C17H21N3O3.C2H6/c1-17(2,13-5-14(21)6-13)16(22)20-3-4-23-15-11(7-18)8-19-9-12(15)10-20;1-2/h8-9,13-14,21H,3-6,10H2,1-2H3;1-2H3. The van der Waals surface area contributed by atoms with E-state index in [9.17, 15) is 9.90 Å². The molecular weight excluding hydrogens is 318 g/mol. The minimum atomic E-state index is -0.510. The van der Waals surface area contributed by atoms with Crippen LogP contribution in [0.5, 0.6) is 5.75 Å². The Morgan fingerprint density at radius 1 is 1.40 bits per heavy atom. The number of aromatic nitrogens is 1. The lowest BCUT2D eigenvalue weighted by Crippen LogP contribution is -2.49. The van der Waals surface area contributed by atoms with Gasteiger partial charge in [-0.05, 0) is 18.8 Å². The van der Waals surface area contributed by atoms with Crippen molar-refractivity contribution in [3.63, 3.8) is 0 Å². The van der Waals surface area contributed by atoms with E-state index >= 15 is 0 Å². The average Bonchev–Trinajstić information content (AvgIpc) is 2.82. The summed E-state index contributed by atoms with van der Waals surface area (Å²) in [7, 11) is 0. The summed E-state index contributed by atoms with van der Waals surface area (Å²) in [5.74, 6) is 0.806. The average molecular weight is 345 g/mol. The van der Waals surface area contributed by atoms with Gasteiger partial charge >= 0.3 is 0 Å². The van der Waals surface area contributed by atoms with Gasteiger partial charge in [-0.15, -0.1) is 0 Å². The van der Waals surface area contributed by atoms with E-state index in [0.717, 1.165) is 5.56 Å². The van der Waals surface area contributed by atoms with E-state index in [0.29, 0.717) is 43.9 Å². The second-order valence-electron chi connectivity index (χ2n) is 6.91. The molecule has 1 fully saturated rings. The van der Waals surface area contributed by atoms with Crippen LogP contribution in [0.15, 0.2) is 12.4 Å². The van der Waals surface area contributed by atoms with E-state index in [1.54, 1.807) is 11.1 Å². The van der Waals surface area contributed by atoms with E-state index < -0.39 is 5.41 Å². The number of nitriles is 1. The molecule has 25 heavy (non-hydrogen) atoms. The summed E-state index contributed by atoms with van der Waals surface area (Å²) in [5, 5.41) is 18.7. The fourth-order valence-corrected chi connectivity index (χ4v) is 3.33. The maximum atomic E-state index is 13.0. The van der Waals surface area contributed by atoms with Gasteiger partial charge in [0.05, 0.1) is 19.2 Å². The fraction of sp³-hybridized carbons (Fsp3) is 0.632. The van der Waals surface area contributed by atoms with Crippen molar-refractivity contribution in [2.75, 3.05) is 13.2 Å². The number of amides is 1. The molecule has 1 N–H and O–H groups in total. The zero-order valence-electron chi connectivity index (χ0n) is 15.5. The third-order valence-electron chi connectivity index (χ3n) is 5.03. The molecule has 1 aliphatic heterocycles. The molecule has 1 aromatic heterocycles. The van der Waals surface area contributed by atoms with E-state index in [-0.39, 0.29) is 17.9 Å². The molecule has 1 saturated carbocycles. The number of aliphatic hydroxyl groups excluding tert-OH is 1. The molecule has 0 saturated heterocycles. The predicted molar refractivity (Wildman–Crippen MR) is 93.7 cm³/mol. The first-order valence-electron chi connectivity index (χ1n) is 8.90. The van der Waals surface area contributed by atoms with Crippen LogP contribution in [0.3, 0.4) is 0 Å². The second kappa shape index (κ2) is 7.83. The lowest BCUT2D eigenvalue weighted by atomic mass is 9.65. The van der Waals surface area contributed by atoms with Crippen LogP contribution in [0, 0.1) is 22.7 Å². The summed E-state index contributed by atoms with van der Waals surface area (Å²) in [5.41, 5.74) is 0.654. The third kappa shape index (κ3) is 3.77. The maximum absolute atomic E-state index is 13.0. The molecule has 6 heteroatoms. The Hall–Kier alpha value is -2.13.